The monoisotopic (exact) mass is 534 g/mol. The summed E-state index contributed by atoms with van der Waals surface area (Å²) in [6.45, 7) is 11.7. The fraction of sp³-hybridized carbons (Fsp3) is 0.448. The summed E-state index contributed by atoms with van der Waals surface area (Å²) in [6.07, 6.45) is 3.52. The summed E-state index contributed by atoms with van der Waals surface area (Å²) in [5.41, 5.74) is 3.27. The minimum atomic E-state index is -0.0870. The highest BCUT2D eigenvalue weighted by atomic mass is 16.5. The van der Waals surface area contributed by atoms with Gasteiger partial charge < -0.3 is 24.0 Å². The molecule has 1 aromatic carbocycles. The molecule has 1 aliphatic heterocycles. The highest BCUT2D eigenvalue weighted by Gasteiger charge is 2.23. The van der Waals surface area contributed by atoms with Gasteiger partial charge in [-0.05, 0) is 56.7 Å². The van der Waals surface area contributed by atoms with Crippen LogP contribution in [0.25, 0.3) is 11.1 Å². The zero-order chi connectivity index (χ0) is 27.8. The van der Waals surface area contributed by atoms with E-state index < -0.39 is 0 Å². The van der Waals surface area contributed by atoms with E-state index in [1.54, 1.807) is 31.4 Å². The lowest BCUT2D eigenvalue weighted by molar-refractivity contribution is 0.0766. The first kappa shape index (κ1) is 28.1. The van der Waals surface area contributed by atoms with Crippen LogP contribution in [-0.2, 0) is 6.54 Å². The van der Waals surface area contributed by atoms with Crippen LogP contribution >= 0.6 is 0 Å². The molecule has 0 saturated carbocycles. The van der Waals surface area contributed by atoms with Gasteiger partial charge in [0, 0.05) is 57.6 Å². The average molecular weight is 535 g/mol. The fourth-order valence-electron chi connectivity index (χ4n) is 4.77. The van der Waals surface area contributed by atoms with E-state index >= 15 is 0 Å². The zero-order valence-electron chi connectivity index (χ0n) is 23.5. The molecule has 1 amide bonds. The molecule has 1 saturated heterocycles. The number of benzene rings is 1. The van der Waals surface area contributed by atoms with Gasteiger partial charge in [-0.2, -0.15) is 0 Å². The van der Waals surface area contributed by atoms with Gasteiger partial charge in [0.15, 0.2) is 11.5 Å². The number of aromatic nitrogens is 3. The minimum absolute atomic E-state index is 0.0870. The number of piperazine rings is 1. The number of amides is 1. The first-order valence-corrected chi connectivity index (χ1v) is 13.4. The highest BCUT2D eigenvalue weighted by molar-refractivity contribution is 5.92. The topological polar surface area (TPSA) is 93.2 Å². The smallest absolute Gasteiger partial charge is 0.274 e. The van der Waals surface area contributed by atoms with E-state index in [9.17, 15) is 4.79 Å². The standard InChI is InChI=1S/C29H38N6O4/c1-6-34(7-2)29(36)25-9-10-28(32-31-25)35-13-11-33(12-14-35)20-24-26(37-4)16-21(17-27(24)38-5)22-15-23(39-8-3)19-30-18-22/h9-10,15-19H,6-8,11-14,20H2,1-5H3. The molecule has 39 heavy (non-hydrogen) atoms. The molecular formula is C29H38N6O4. The fourth-order valence-corrected chi connectivity index (χ4v) is 4.77. The molecule has 3 aromatic rings. The molecule has 3 heterocycles. The summed E-state index contributed by atoms with van der Waals surface area (Å²) in [6, 6.07) is 9.68. The van der Waals surface area contributed by atoms with E-state index in [0.717, 1.165) is 65.9 Å². The molecular weight excluding hydrogens is 496 g/mol. The molecule has 0 unspecified atom stereocenters. The van der Waals surface area contributed by atoms with Crippen LogP contribution in [0.3, 0.4) is 0 Å². The van der Waals surface area contributed by atoms with Crippen LogP contribution in [0.4, 0.5) is 5.82 Å². The van der Waals surface area contributed by atoms with Crippen LogP contribution < -0.4 is 19.1 Å². The number of hydrogen-bond donors (Lipinski definition) is 0. The maximum atomic E-state index is 12.5. The number of ether oxygens (including phenoxy) is 3. The van der Waals surface area contributed by atoms with Gasteiger partial charge in [-0.15, -0.1) is 10.2 Å². The Morgan fingerprint density at radius 3 is 2.15 bits per heavy atom. The third kappa shape index (κ3) is 6.57. The SMILES string of the molecule is CCOc1cncc(-c2cc(OC)c(CN3CCN(c4ccc(C(=O)N(CC)CC)nn4)CC3)c(OC)c2)c1. The van der Waals surface area contributed by atoms with Crippen LogP contribution in [0.5, 0.6) is 17.2 Å². The van der Waals surface area contributed by atoms with Crippen molar-refractivity contribution in [1.29, 1.82) is 0 Å². The number of hydrogen-bond acceptors (Lipinski definition) is 9. The molecule has 0 spiro atoms. The molecule has 0 atom stereocenters. The summed E-state index contributed by atoms with van der Waals surface area (Å²) in [5, 5.41) is 8.56. The van der Waals surface area contributed by atoms with Gasteiger partial charge in [0.1, 0.15) is 17.2 Å². The number of pyridine rings is 1. The van der Waals surface area contributed by atoms with Gasteiger partial charge in [-0.3, -0.25) is 14.7 Å². The lowest BCUT2D eigenvalue weighted by Crippen LogP contribution is -2.46. The van der Waals surface area contributed by atoms with Crippen molar-refractivity contribution in [1.82, 2.24) is 25.0 Å². The van der Waals surface area contributed by atoms with Crippen molar-refractivity contribution in [3.05, 3.63) is 54.0 Å². The van der Waals surface area contributed by atoms with Crippen molar-refractivity contribution in [3.8, 4) is 28.4 Å². The second-order valence-electron chi connectivity index (χ2n) is 9.22. The molecule has 1 aliphatic rings. The molecule has 0 radical (unpaired) electrons. The molecule has 0 aliphatic carbocycles. The third-order valence-corrected chi connectivity index (χ3v) is 6.96. The first-order chi connectivity index (χ1) is 19.0. The summed E-state index contributed by atoms with van der Waals surface area (Å²) in [7, 11) is 3.37. The van der Waals surface area contributed by atoms with Gasteiger partial charge in [-0.25, -0.2) is 0 Å². The molecule has 4 rings (SSSR count). The van der Waals surface area contributed by atoms with E-state index in [1.165, 1.54) is 0 Å². The second kappa shape index (κ2) is 13.2. The average Bonchev–Trinajstić information content (AvgIpc) is 2.98. The van der Waals surface area contributed by atoms with Gasteiger partial charge in [0.25, 0.3) is 5.91 Å². The predicted octanol–water partition coefficient (Wildman–Crippen LogP) is 3.76. The maximum Gasteiger partial charge on any atom is 0.274 e. The van der Waals surface area contributed by atoms with Gasteiger partial charge >= 0.3 is 0 Å². The van der Waals surface area contributed by atoms with Crippen molar-refractivity contribution in [2.75, 3.05) is 65.0 Å². The number of methoxy groups -OCH3 is 2. The summed E-state index contributed by atoms with van der Waals surface area (Å²) < 4.78 is 17.2. The molecule has 10 nitrogen and oxygen atoms in total. The third-order valence-electron chi connectivity index (χ3n) is 6.96. The van der Waals surface area contributed by atoms with E-state index in [4.69, 9.17) is 14.2 Å². The van der Waals surface area contributed by atoms with E-state index in [-0.39, 0.29) is 5.91 Å². The van der Waals surface area contributed by atoms with Crippen molar-refractivity contribution < 1.29 is 19.0 Å². The van der Waals surface area contributed by atoms with Crippen LogP contribution in [0.2, 0.25) is 0 Å². The van der Waals surface area contributed by atoms with Crippen molar-refractivity contribution in [2.24, 2.45) is 0 Å². The number of anilines is 1. The van der Waals surface area contributed by atoms with Crippen LogP contribution in [0, 0.1) is 0 Å². The first-order valence-electron chi connectivity index (χ1n) is 13.4. The molecule has 10 heteroatoms. The summed E-state index contributed by atoms with van der Waals surface area (Å²) in [5.74, 6) is 2.97. The lowest BCUT2D eigenvalue weighted by atomic mass is 10.0. The Morgan fingerprint density at radius 2 is 1.59 bits per heavy atom. The second-order valence-corrected chi connectivity index (χ2v) is 9.22. The van der Waals surface area contributed by atoms with Gasteiger partial charge in [0.05, 0.1) is 32.6 Å². The Labute approximate surface area is 230 Å². The van der Waals surface area contributed by atoms with E-state index in [2.05, 4.69) is 25.0 Å². The Hall–Kier alpha value is -3.92. The Kier molecular flexibility index (Phi) is 9.54. The predicted molar refractivity (Wildman–Crippen MR) is 151 cm³/mol. The normalized spacial score (nSPS) is 13.7. The number of nitrogens with zero attached hydrogens (tertiary/aromatic N) is 6. The highest BCUT2D eigenvalue weighted by Crippen LogP contribution is 2.36. The maximum absolute atomic E-state index is 12.5. The molecule has 208 valence electrons. The zero-order valence-corrected chi connectivity index (χ0v) is 23.5. The minimum Gasteiger partial charge on any atom is -0.496 e. The number of carbonyl (C=O) groups is 1. The molecule has 0 N–H and O–H groups in total. The Bertz CT molecular complexity index is 1220. The van der Waals surface area contributed by atoms with Crippen LogP contribution in [0.15, 0.2) is 42.7 Å². The Balaban J connectivity index is 1.43. The summed E-state index contributed by atoms with van der Waals surface area (Å²) in [4.78, 5) is 23.2. The molecule has 0 bridgehead atoms. The van der Waals surface area contributed by atoms with Gasteiger partial charge in [-0.1, -0.05) is 0 Å². The van der Waals surface area contributed by atoms with E-state index in [0.29, 0.717) is 31.9 Å². The van der Waals surface area contributed by atoms with E-state index in [1.807, 2.05) is 51.2 Å². The molecule has 2 aromatic heterocycles. The quantitative estimate of drug-likeness (QED) is 0.365. The summed E-state index contributed by atoms with van der Waals surface area (Å²) >= 11 is 0. The Morgan fingerprint density at radius 1 is 0.897 bits per heavy atom. The van der Waals surface area contributed by atoms with Crippen molar-refractivity contribution >= 4 is 11.7 Å². The largest absolute Gasteiger partial charge is 0.496 e. The molecule has 1 fully saturated rings. The lowest BCUT2D eigenvalue weighted by Gasteiger charge is -2.35. The van der Waals surface area contributed by atoms with Gasteiger partial charge in [0.2, 0.25) is 0 Å². The van der Waals surface area contributed by atoms with Crippen LogP contribution in [0.1, 0.15) is 36.8 Å². The number of carbonyl (C=O) groups excluding carboxylic acids is 1. The van der Waals surface area contributed by atoms with Crippen molar-refractivity contribution in [2.45, 2.75) is 27.3 Å². The van der Waals surface area contributed by atoms with Crippen LogP contribution in [-0.4, -0.2) is 91.0 Å². The van der Waals surface area contributed by atoms with Crippen molar-refractivity contribution in [3.63, 3.8) is 0 Å². The number of rotatable bonds is 11.